The predicted molar refractivity (Wildman–Crippen MR) is 148 cm³/mol. The van der Waals surface area contributed by atoms with E-state index in [1.807, 2.05) is 16.8 Å². The number of carbonyl (C=O) groups is 1. The summed E-state index contributed by atoms with van der Waals surface area (Å²) in [5.74, 6) is 3.60. The molecule has 3 aromatic rings. The quantitative estimate of drug-likeness (QED) is 0.428. The predicted octanol–water partition coefficient (Wildman–Crippen LogP) is 5.36. The van der Waals surface area contributed by atoms with Gasteiger partial charge in [0.2, 0.25) is 0 Å². The van der Waals surface area contributed by atoms with Gasteiger partial charge in [-0.15, -0.1) is 0 Å². The van der Waals surface area contributed by atoms with Gasteiger partial charge in [0, 0.05) is 55.2 Å². The normalized spacial score (nSPS) is 33.4. The summed E-state index contributed by atoms with van der Waals surface area (Å²) >= 11 is 3.62. The first kappa shape index (κ1) is 23.2. The largest absolute Gasteiger partial charge is 0.366 e. The number of hydrogen-bond acceptors (Lipinski definition) is 5. The number of nitrogens with one attached hydrogen (secondary N) is 2. The van der Waals surface area contributed by atoms with Crippen LogP contribution in [0.2, 0.25) is 0 Å². The lowest BCUT2D eigenvalue weighted by molar-refractivity contribution is -0.0113. The number of halogens is 1. The zero-order valence-electron chi connectivity index (χ0n) is 21.6. The number of carbonyl (C=O) groups excluding carboxylic acids is 1. The van der Waals surface area contributed by atoms with Crippen LogP contribution in [0, 0.1) is 23.2 Å². The number of amides is 2. The summed E-state index contributed by atoms with van der Waals surface area (Å²) in [6.45, 7) is 2.22. The summed E-state index contributed by atoms with van der Waals surface area (Å²) in [6, 6.07) is 6.32. The Morgan fingerprint density at radius 1 is 1.13 bits per heavy atom. The van der Waals surface area contributed by atoms with Crippen molar-refractivity contribution in [1.82, 2.24) is 29.8 Å². The lowest BCUT2D eigenvalue weighted by Crippen LogP contribution is -2.61. The van der Waals surface area contributed by atoms with Gasteiger partial charge < -0.3 is 15.5 Å². The van der Waals surface area contributed by atoms with E-state index in [9.17, 15) is 4.79 Å². The molecule has 2 N–H and O–H groups in total. The van der Waals surface area contributed by atoms with Crippen LogP contribution in [0.25, 0.3) is 5.65 Å². The molecule has 4 heterocycles. The molecule has 9 heteroatoms. The van der Waals surface area contributed by atoms with Gasteiger partial charge in [0.25, 0.3) is 0 Å². The number of hydrogen-bond donors (Lipinski definition) is 2. The molecular weight excluding hydrogens is 542 g/mol. The van der Waals surface area contributed by atoms with Crippen molar-refractivity contribution >= 4 is 33.4 Å². The third-order valence-electron chi connectivity index (χ3n) is 10.6. The van der Waals surface area contributed by atoms with Crippen molar-refractivity contribution in [3.8, 4) is 0 Å². The average Bonchev–Trinajstić information content (AvgIpc) is 3.50. The first-order valence-corrected chi connectivity index (χ1v) is 15.0. The van der Waals surface area contributed by atoms with Crippen molar-refractivity contribution in [3.63, 3.8) is 0 Å². The van der Waals surface area contributed by atoms with Crippen LogP contribution in [0.3, 0.4) is 0 Å². The highest BCUT2D eigenvalue weighted by Gasteiger charge is 2.70. The van der Waals surface area contributed by atoms with Crippen LogP contribution in [0.5, 0.6) is 0 Å². The van der Waals surface area contributed by atoms with Crippen molar-refractivity contribution in [2.75, 3.05) is 18.4 Å². The van der Waals surface area contributed by atoms with E-state index in [0.29, 0.717) is 17.9 Å². The van der Waals surface area contributed by atoms with Gasteiger partial charge in [0.1, 0.15) is 5.82 Å². The molecule has 1 spiro atoms. The topological polar surface area (TPSA) is 87.5 Å². The third-order valence-corrected chi connectivity index (χ3v) is 11.2. The molecule has 5 atom stereocenters. The summed E-state index contributed by atoms with van der Waals surface area (Å²) < 4.78 is 2.73. The smallest absolute Gasteiger partial charge is 0.317 e. The third kappa shape index (κ3) is 3.53. The molecule has 0 radical (unpaired) electrons. The summed E-state index contributed by atoms with van der Waals surface area (Å²) in [4.78, 5) is 24.8. The van der Waals surface area contributed by atoms with Gasteiger partial charge >= 0.3 is 6.03 Å². The van der Waals surface area contributed by atoms with Gasteiger partial charge in [0.15, 0.2) is 5.65 Å². The Kier molecular flexibility index (Phi) is 5.14. The molecule has 5 saturated carbocycles. The van der Waals surface area contributed by atoms with Gasteiger partial charge in [-0.25, -0.2) is 9.78 Å². The van der Waals surface area contributed by atoms with Gasteiger partial charge in [-0.2, -0.15) is 9.61 Å². The van der Waals surface area contributed by atoms with E-state index in [1.165, 1.54) is 38.5 Å². The van der Waals surface area contributed by atoms with E-state index in [1.54, 1.807) is 12.4 Å². The molecular formula is C29H34BrN7O. The van der Waals surface area contributed by atoms with Crippen molar-refractivity contribution in [2.24, 2.45) is 23.2 Å². The van der Waals surface area contributed by atoms with Crippen LogP contribution < -0.4 is 10.6 Å². The van der Waals surface area contributed by atoms with Crippen LogP contribution in [0.4, 0.5) is 10.6 Å². The highest BCUT2D eigenvalue weighted by atomic mass is 79.9. The standard InChI is InChI=1S/C29H34BrN7O/c30-23-16-33-37-25(32-15-18-2-1-5-31-14-18)10-24(34-26(23)37)20-3-6-36(7-4-20)27(38)35-29-17-28-11-19(8-21(29)12-28)9-22(29)13-28/h1-2,5,10,14,16,19-22,32H,3-4,6-9,11-13,15,17H2,(H,35,38)/t19?,21-,22+,28?,29?. The van der Waals surface area contributed by atoms with E-state index in [4.69, 9.17) is 4.98 Å². The first-order valence-electron chi connectivity index (χ1n) is 14.2. The number of likely N-dealkylation sites (tertiary alicyclic amines) is 1. The second-order valence-electron chi connectivity index (χ2n) is 12.8. The van der Waals surface area contributed by atoms with Crippen LogP contribution >= 0.6 is 15.9 Å². The van der Waals surface area contributed by atoms with Crippen molar-refractivity contribution in [2.45, 2.75) is 69.4 Å². The van der Waals surface area contributed by atoms with E-state index in [2.05, 4.69) is 53.7 Å². The molecule has 2 amide bonds. The minimum atomic E-state index is 0.0939. The minimum absolute atomic E-state index is 0.0939. The Bertz CT molecular complexity index is 1380. The number of rotatable bonds is 5. The molecule has 8 nitrogen and oxygen atoms in total. The maximum absolute atomic E-state index is 13.6. The summed E-state index contributed by atoms with van der Waals surface area (Å²) in [6.07, 6.45) is 15.4. The van der Waals surface area contributed by atoms with Crippen molar-refractivity contribution < 1.29 is 4.79 Å². The minimum Gasteiger partial charge on any atom is -0.366 e. The molecule has 1 saturated heterocycles. The van der Waals surface area contributed by atoms with E-state index in [-0.39, 0.29) is 11.6 Å². The molecule has 0 aromatic carbocycles. The van der Waals surface area contributed by atoms with Crippen molar-refractivity contribution in [1.29, 1.82) is 0 Å². The highest BCUT2D eigenvalue weighted by Crippen LogP contribution is 2.74. The van der Waals surface area contributed by atoms with Gasteiger partial charge in [-0.1, -0.05) is 6.07 Å². The number of pyridine rings is 1. The fraction of sp³-hybridized carbons (Fsp3) is 0.586. The van der Waals surface area contributed by atoms with Crippen LogP contribution in [-0.4, -0.2) is 49.1 Å². The SMILES string of the molecule is O=C(NC12CC34CC(C[C@@H]1C3)C[C@H]2C4)N1CCC(c2cc(NCc3cccnc3)n3ncc(Br)c3n2)CC1. The number of nitrogens with zero attached hydrogens (tertiary/aromatic N) is 5. The molecule has 1 aliphatic heterocycles. The Morgan fingerprint density at radius 2 is 1.95 bits per heavy atom. The highest BCUT2D eigenvalue weighted by molar-refractivity contribution is 9.10. The second-order valence-corrected chi connectivity index (χ2v) is 13.6. The molecule has 3 aromatic heterocycles. The molecule has 3 unspecified atom stereocenters. The Hall–Kier alpha value is -2.68. The maximum atomic E-state index is 13.6. The molecule has 5 aliphatic carbocycles. The van der Waals surface area contributed by atoms with Gasteiger partial charge in [-0.05, 0) is 102 Å². The number of fused-ring (bicyclic) bond motifs is 1. The first-order chi connectivity index (χ1) is 18.5. The lowest BCUT2D eigenvalue weighted by atomic mass is 9.54. The Morgan fingerprint density at radius 3 is 2.71 bits per heavy atom. The molecule has 9 rings (SSSR count). The van der Waals surface area contributed by atoms with Gasteiger partial charge in [0.05, 0.1) is 10.7 Å². The number of urea groups is 1. The second kappa shape index (κ2) is 8.41. The van der Waals surface area contributed by atoms with Crippen LogP contribution in [-0.2, 0) is 6.54 Å². The Labute approximate surface area is 231 Å². The molecule has 38 heavy (non-hydrogen) atoms. The monoisotopic (exact) mass is 575 g/mol. The zero-order valence-corrected chi connectivity index (χ0v) is 23.2. The number of piperidine rings is 1. The molecule has 5 bridgehead atoms. The summed E-state index contributed by atoms with van der Waals surface area (Å²) in [5.41, 5.74) is 3.65. The Balaban J connectivity index is 0.967. The molecule has 6 fully saturated rings. The average molecular weight is 577 g/mol. The number of anilines is 1. The van der Waals surface area contributed by atoms with Gasteiger partial charge in [-0.3, -0.25) is 4.98 Å². The zero-order chi connectivity index (χ0) is 25.5. The lowest BCUT2D eigenvalue weighted by Gasteiger charge is -2.54. The molecule has 6 aliphatic rings. The van der Waals surface area contributed by atoms with E-state index in [0.717, 1.165) is 70.9 Å². The summed E-state index contributed by atoms with van der Waals surface area (Å²) in [5, 5.41) is 11.7. The fourth-order valence-electron chi connectivity index (χ4n) is 9.28. The van der Waals surface area contributed by atoms with Crippen LogP contribution in [0.1, 0.15) is 68.5 Å². The maximum Gasteiger partial charge on any atom is 0.317 e. The summed E-state index contributed by atoms with van der Waals surface area (Å²) in [7, 11) is 0. The molecule has 198 valence electrons. The fourth-order valence-corrected chi connectivity index (χ4v) is 9.62. The van der Waals surface area contributed by atoms with E-state index >= 15 is 0 Å². The van der Waals surface area contributed by atoms with Crippen LogP contribution in [0.15, 0.2) is 41.3 Å². The van der Waals surface area contributed by atoms with Crippen molar-refractivity contribution in [3.05, 3.63) is 52.5 Å². The number of aromatic nitrogens is 4. The van der Waals surface area contributed by atoms with E-state index < -0.39 is 0 Å².